The fraction of sp³-hybridized carbons (Fsp3) is 0.633. The smallest absolute Gasteiger partial charge is 0.408 e. The Kier molecular flexibility index (Phi) is 25.3. The van der Waals surface area contributed by atoms with Crippen LogP contribution in [-0.4, -0.2) is 158 Å². The van der Waals surface area contributed by atoms with Crippen LogP contribution in [0.3, 0.4) is 0 Å². The molecule has 422 valence electrons. The van der Waals surface area contributed by atoms with Gasteiger partial charge in [-0.25, -0.2) is 4.79 Å². The highest BCUT2D eigenvalue weighted by molar-refractivity contribution is 8.76. The number of ketones is 1. The van der Waals surface area contributed by atoms with Crippen LogP contribution in [0.1, 0.15) is 112 Å². The number of benzene rings is 1. The summed E-state index contributed by atoms with van der Waals surface area (Å²) >= 11 is 0. The third-order valence-electron chi connectivity index (χ3n) is 12.2. The van der Waals surface area contributed by atoms with Crippen molar-refractivity contribution in [3.05, 3.63) is 29.8 Å². The number of carboxylic acids is 1. The van der Waals surface area contributed by atoms with Gasteiger partial charge in [0.1, 0.15) is 53.6 Å². The third kappa shape index (κ3) is 21.5. The molecule has 0 aliphatic carbocycles. The maximum Gasteiger partial charge on any atom is 0.408 e. The second-order valence-corrected chi connectivity index (χ2v) is 22.7. The van der Waals surface area contributed by atoms with Crippen LogP contribution in [0.5, 0.6) is 5.75 Å². The number of aliphatic carboxylic acids is 1. The molecule has 27 heteroatoms. The van der Waals surface area contributed by atoms with Crippen molar-refractivity contribution in [1.82, 2.24) is 42.1 Å². The molecule has 0 spiro atoms. The minimum Gasteiger partial charge on any atom is -0.508 e. The fourth-order valence-corrected chi connectivity index (χ4v) is 10.4. The maximum atomic E-state index is 14.7. The van der Waals surface area contributed by atoms with Crippen LogP contribution in [-0.2, 0) is 63.9 Å². The van der Waals surface area contributed by atoms with Gasteiger partial charge in [0, 0.05) is 37.3 Å². The Morgan fingerprint density at radius 2 is 1.39 bits per heavy atom. The molecule has 2 heterocycles. The van der Waals surface area contributed by atoms with Gasteiger partial charge in [-0.15, -0.1) is 0 Å². The SMILES string of the molecule is CC[C@H](C)[C@@H]1NC(=O)[C@H](Cc2ccc(O)cc2)NC(=O)[C@@H](NC(=O)OC(C)(C)C)CSSC[C@@H](C(=O)N2CCC[C@H]2C(=O)N[C@@H](CC(C)C)C(=O)CCC(=O)O)NC(=O)[C@H](CC(N)=O)NC(=O)[C@H](CCC(N)=O)NC1=O. The van der Waals surface area contributed by atoms with Gasteiger partial charge in [-0.1, -0.05) is 67.8 Å². The Morgan fingerprint density at radius 1 is 0.789 bits per heavy atom. The van der Waals surface area contributed by atoms with E-state index >= 15 is 0 Å². The van der Waals surface area contributed by atoms with Crippen LogP contribution < -0.4 is 48.7 Å². The van der Waals surface area contributed by atoms with Crippen molar-refractivity contribution in [1.29, 1.82) is 0 Å². The highest BCUT2D eigenvalue weighted by Crippen LogP contribution is 2.27. The van der Waals surface area contributed by atoms with Gasteiger partial charge in [-0.05, 0) is 76.0 Å². The van der Waals surface area contributed by atoms with Crippen LogP contribution in [0.2, 0.25) is 0 Å². The lowest BCUT2D eigenvalue weighted by Gasteiger charge is -2.31. The summed E-state index contributed by atoms with van der Waals surface area (Å²) in [5.74, 6) is -11.5. The van der Waals surface area contributed by atoms with Crippen molar-refractivity contribution >= 4 is 92.6 Å². The van der Waals surface area contributed by atoms with Crippen molar-refractivity contribution in [2.45, 2.75) is 167 Å². The first-order chi connectivity index (χ1) is 35.6. The molecule has 1 aromatic carbocycles. The maximum absolute atomic E-state index is 14.7. The van der Waals surface area contributed by atoms with Crippen molar-refractivity contribution in [3.63, 3.8) is 0 Å². The van der Waals surface area contributed by atoms with Gasteiger partial charge in [0.15, 0.2) is 5.78 Å². The largest absolute Gasteiger partial charge is 0.508 e. The van der Waals surface area contributed by atoms with Crippen LogP contribution in [0, 0.1) is 11.8 Å². The number of carbonyl (C=O) groups excluding carboxylic acids is 11. The second-order valence-electron chi connectivity index (χ2n) is 20.2. The summed E-state index contributed by atoms with van der Waals surface area (Å²) < 4.78 is 5.45. The summed E-state index contributed by atoms with van der Waals surface area (Å²) in [7, 11) is 1.88. The summed E-state index contributed by atoms with van der Waals surface area (Å²) in [6.45, 7) is 11.8. The molecule has 0 aromatic heterocycles. The second kappa shape index (κ2) is 30.2. The summed E-state index contributed by atoms with van der Waals surface area (Å²) in [5, 5.41) is 37.2. The highest BCUT2D eigenvalue weighted by atomic mass is 33.1. The number of likely N-dealkylation sites (tertiary alicyclic amines) is 1. The number of nitrogens with zero attached hydrogens (tertiary/aromatic N) is 1. The molecule has 0 unspecified atom stereocenters. The van der Waals surface area contributed by atoms with Crippen LogP contribution in [0.25, 0.3) is 0 Å². The van der Waals surface area contributed by atoms with Gasteiger partial charge < -0.3 is 68.5 Å². The zero-order valence-electron chi connectivity index (χ0n) is 43.9. The molecule has 2 aliphatic heterocycles. The van der Waals surface area contributed by atoms with Gasteiger partial charge >= 0.3 is 12.1 Å². The number of aromatic hydroxyl groups is 1. The molecule has 9 atom stereocenters. The standard InChI is InChI=1S/C49H74N10O15S2/c1-8-26(4)40-46(71)52-29(15-17-37(50)62)41(66)55-32(22-38(51)63)42(67)56-34(47(72)59-19-9-10-35(59)45(70)53-30(20-25(2)3)36(61)16-18-39(64)65)24-76-75-23-33(57-48(73)74-49(5,6)7)44(69)54-31(43(68)58-40)21-27-11-13-28(60)14-12-27/h11-14,25-26,29-35,40,60H,8-10,15-24H2,1-7H3,(H2,50,62)(H2,51,63)(H,52,71)(H,53,70)(H,54,69)(H,55,66)(H,56,67)(H,57,73)(H,58,68)(H,64,65)/t26-,29-,30-,31-,32-,33-,34-,35-,40-/m0/s1. The number of ether oxygens (including phenoxy) is 1. The van der Waals surface area contributed by atoms with E-state index in [9.17, 15) is 67.7 Å². The Morgan fingerprint density at radius 3 is 1.99 bits per heavy atom. The fourth-order valence-electron chi connectivity index (χ4n) is 8.03. The number of carboxylic acid groups (broad SMARTS) is 1. The number of amides is 10. The minimum atomic E-state index is -1.81. The Bertz CT molecular complexity index is 2280. The normalized spacial score (nSPS) is 23.3. The monoisotopic (exact) mass is 1110 g/mol. The summed E-state index contributed by atoms with van der Waals surface area (Å²) in [5.41, 5.74) is 10.4. The van der Waals surface area contributed by atoms with Crippen molar-refractivity contribution in [2.75, 3.05) is 18.1 Å². The zero-order valence-corrected chi connectivity index (χ0v) is 45.5. The predicted molar refractivity (Wildman–Crippen MR) is 279 cm³/mol. The number of alkyl carbamates (subject to hydrolysis) is 1. The quantitative estimate of drug-likeness (QED) is 0.0799. The van der Waals surface area contributed by atoms with E-state index in [0.29, 0.717) is 18.4 Å². The van der Waals surface area contributed by atoms with E-state index in [1.165, 1.54) is 29.2 Å². The van der Waals surface area contributed by atoms with E-state index in [2.05, 4.69) is 37.2 Å². The first kappa shape index (κ1) is 63.7. The molecular weight excluding hydrogens is 1030 g/mol. The number of hydrogen-bond donors (Lipinski definition) is 11. The summed E-state index contributed by atoms with van der Waals surface area (Å²) in [4.78, 5) is 164. The van der Waals surface area contributed by atoms with E-state index in [-0.39, 0.29) is 55.4 Å². The number of nitrogens with two attached hydrogens (primary N) is 2. The van der Waals surface area contributed by atoms with Gasteiger partial charge in [-0.3, -0.25) is 52.7 Å². The summed E-state index contributed by atoms with van der Waals surface area (Å²) in [6.07, 6.45) is -2.84. The molecule has 2 aliphatic rings. The molecule has 1 aromatic rings. The lowest BCUT2D eigenvalue weighted by atomic mass is 9.96. The number of phenolic OH excluding ortho intramolecular Hbond substituents is 1. The molecule has 10 amide bonds. The number of phenols is 1. The number of rotatable bonds is 19. The highest BCUT2D eigenvalue weighted by Gasteiger charge is 2.41. The van der Waals surface area contributed by atoms with Crippen molar-refractivity contribution in [2.24, 2.45) is 23.3 Å². The van der Waals surface area contributed by atoms with E-state index in [1.54, 1.807) is 48.5 Å². The van der Waals surface area contributed by atoms with E-state index < -0.39 is 157 Å². The number of hydrogen-bond acceptors (Lipinski definition) is 16. The van der Waals surface area contributed by atoms with Gasteiger partial charge in [0.25, 0.3) is 0 Å². The molecule has 0 radical (unpaired) electrons. The number of Topliss-reactive ketones (excluding diaryl/α,β-unsaturated/α-hetero) is 1. The molecule has 3 rings (SSSR count). The number of nitrogens with one attached hydrogen (secondary N) is 7. The van der Waals surface area contributed by atoms with Gasteiger partial charge in [0.2, 0.25) is 53.2 Å². The lowest BCUT2D eigenvalue weighted by molar-refractivity contribution is -0.142. The minimum absolute atomic E-state index is 0.00415. The topological polar surface area (TPSA) is 394 Å². The van der Waals surface area contributed by atoms with E-state index in [1.807, 2.05) is 0 Å². The first-order valence-electron chi connectivity index (χ1n) is 25.0. The summed E-state index contributed by atoms with van der Waals surface area (Å²) in [6, 6.07) is -5.80. The molecule has 0 saturated carbocycles. The molecule has 0 bridgehead atoms. The number of carbonyl (C=O) groups is 12. The lowest BCUT2D eigenvalue weighted by Crippen LogP contribution is -2.62. The molecule has 25 nitrogen and oxygen atoms in total. The van der Waals surface area contributed by atoms with Gasteiger partial charge in [-0.2, -0.15) is 0 Å². The molecular formula is C49H74N10O15S2. The molecule has 2 fully saturated rings. The molecule has 13 N–H and O–H groups in total. The van der Waals surface area contributed by atoms with Crippen LogP contribution in [0.4, 0.5) is 4.79 Å². The first-order valence-corrected chi connectivity index (χ1v) is 27.5. The predicted octanol–water partition coefficient (Wildman–Crippen LogP) is -0.210. The molecule has 2 saturated heterocycles. The number of primary amides is 2. The van der Waals surface area contributed by atoms with E-state index in [4.69, 9.17) is 16.2 Å². The third-order valence-corrected chi connectivity index (χ3v) is 14.6. The van der Waals surface area contributed by atoms with Crippen LogP contribution >= 0.6 is 21.6 Å². The molecule has 76 heavy (non-hydrogen) atoms. The Balaban J connectivity index is 2.17. The average Bonchev–Trinajstić information content (AvgIpc) is 3.83. The zero-order chi connectivity index (χ0) is 57.0. The van der Waals surface area contributed by atoms with E-state index in [0.717, 1.165) is 21.6 Å². The van der Waals surface area contributed by atoms with Gasteiger partial charge in [0.05, 0.1) is 18.9 Å². The Labute approximate surface area is 449 Å². The average molecular weight is 1110 g/mol. The van der Waals surface area contributed by atoms with Crippen molar-refractivity contribution < 1.29 is 72.5 Å². The Hall–Kier alpha value is -6.64. The van der Waals surface area contributed by atoms with Crippen molar-refractivity contribution in [3.8, 4) is 5.75 Å². The van der Waals surface area contributed by atoms with Crippen LogP contribution in [0.15, 0.2) is 24.3 Å².